The Kier molecular flexibility index (Phi) is 1.95. The molecule has 0 aromatic rings. The maximum atomic E-state index is 9.54. The molecule has 0 aromatic heterocycles. The van der Waals surface area contributed by atoms with Crippen LogP contribution in [0.1, 0.15) is 26.7 Å². The van der Waals surface area contributed by atoms with Crippen LogP contribution in [0.25, 0.3) is 0 Å². The molecule has 0 bridgehead atoms. The van der Waals surface area contributed by atoms with Crippen molar-refractivity contribution < 1.29 is 5.11 Å². The van der Waals surface area contributed by atoms with Crippen LogP contribution in [-0.2, 0) is 0 Å². The van der Waals surface area contributed by atoms with E-state index in [1.54, 1.807) is 0 Å². The fourth-order valence-corrected chi connectivity index (χ4v) is 1.10. The molecule has 1 aliphatic rings. The Morgan fingerprint density at radius 3 is 2.40 bits per heavy atom. The van der Waals surface area contributed by atoms with Crippen LogP contribution >= 0.6 is 0 Å². The average Bonchev–Trinajstić information content (AvgIpc) is 1.88. The van der Waals surface area contributed by atoms with Gasteiger partial charge in [0.15, 0.2) is 0 Å². The van der Waals surface area contributed by atoms with Gasteiger partial charge in [-0.15, -0.1) is 0 Å². The quantitative estimate of drug-likeness (QED) is 0.550. The Bertz CT molecular complexity index is 170. The summed E-state index contributed by atoms with van der Waals surface area (Å²) in [7, 11) is 0. The van der Waals surface area contributed by atoms with Crippen LogP contribution in [0.3, 0.4) is 0 Å². The molecule has 1 rings (SSSR count). The zero-order chi connectivity index (χ0) is 7.61. The topological polar surface area (TPSA) is 20.2 Å². The van der Waals surface area contributed by atoms with Crippen LogP contribution in [0.15, 0.2) is 23.8 Å². The van der Waals surface area contributed by atoms with Gasteiger partial charge in [0.1, 0.15) is 0 Å². The molecule has 0 saturated carbocycles. The summed E-state index contributed by atoms with van der Waals surface area (Å²) in [6.45, 7) is 3.66. The van der Waals surface area contributed by atoms with E-state index >= 15 is 0 Å². The molecule has 0 radical (unpaired) electrons. The normalized spacial score (nSPS) is 18.9. The van der Waals surface area contributed by atoms with E-state index in [2.05, 4.69) is 18.2 Å². The molecule has 0 saturated heterocycles. The van der Waals surface area contributed by atoms with Gasteiger partial charge in [0, 0.05) is 0 Å². The van der Waals surface area contributed by atoms with E-state index in [0.717, 1.165) is 18.4 Å². The van der Waals surface area contributed by atoms with Gasteiger partial charge >= 0.3 is 0 Å². The zero-order valence-electron chi connectivity index (χ0n) is 6.59. The molecule has 1 heteroatoms. The molecule has 0 aliphatic heterocycles. The van der Waals surface area contributed by atoms with Gasteiger partial charge in [0.25, 0.3) is 0 Å². The first-order valence-electron chi connectivity index (χ1n) is 3.67. The molecule has 0 unspecified atom stereocenters. The molecule has 1 aliphatic carbocycles. The predicted molar refractivity (Wildman–Crippen MR) is 42.8 cm³/mol. The highest BCUT2D eigenvalue weighted by Gasteiger charge is 2.18. The molecule has 0 aromatic carbocycles. The van der Waals surface area contributed by atoms with E-state index in [-0.39, 0.29) is 0 Å². The summed E-state index contributed by atoms with van der Waals surface area (Å²) in [6, 6.07) is 0. The first kappa shape index (κ1) is 7.55. The van der Waals surface area contributed by atoms with Crippen molar-refractivity contribution in [2.45, 2.75) is 32.3 Å². The summed E-state index contributed by atoms with van der Waals surface area (Å²) in [5.41, 5.74) is 0.514. The van der Waals surface area contributed by atoms with E-state index in [0.29, 0.717) is 0 Å². The van der Waals surface area contributed by atoms with E-state index in [9.17, 15) is 5.11 Å². The SMILES string of the molecule is CC(C)(O)C1=CCC=CC1. The summed E-state index contributed by atoms with van der Waals surface area (Å²) in [6.07, 6.45) is 8.20. The fraction of sp³-hybridized carbons (Fsp3) is 0.556. The van der Waals surface area contributed by atoms with Gasteiger partial charge in [-0.1, -0.05) is 18.2 Å². The Morgan fingerprint density at radius 2 is 2.10 bits per heavy atom. The van der Waals surface area contributed by atoms with Gasteiger partial charge in [0.05, 0.1) is 5.60 Å². The second-order valence-electron chi connectivity index (χ2n) is 3.20. The number of rotatable bonds is 1. The first-order chi connectivity index (χ1) is 4.61. The van der Waals surface area contributed by atoms with E-state index < -0.39 is 5.60 Å². The van der Waals surface area contributed by atoms with Crippen LogP contribution in [-0.4, -0.2) is 10.7 Å². The molecule has 1 N–H and O–H groups in total. The van der Waals surface area contributed by atoms with Crippen LogP contribution in [0, 0.1) is 0 Å². The lowest BCUT2D eigenvalue weighted by atomic mass is 9.92. The maximum absolute atomic E-state index is 9.54. The lowest BCUT2D eigenvalue weighted by molar-refractivity contribution is 0.117. The van der Waals surface area contributed by atoms with Gasteiger partial charge < -0.3 is 5.11 Å². The van der Waals surface area contributed by atoms with Gasteiger partial charge in [-0.2, -0.15) is 0 Å². The van der Waals surface area contributed by atoms with Crippen LogP contribution in [0.4, 0.5) is 0 Å². The van der Waals surface area contributed by atoms with Gasteiger partial charge in [-0.25, -0.2) is 0 Å². The smallest absolute Gasteiger partial charge is 0.0803 e. The summed E-state index contributed by atoms with van der Waals surface area (Å²) >= 11 is 0. The van der Waals surface area contributed by atoms with Crippen LogP contribution < -0.4 is 0 Å². The predicted octanol–water partition coefficient (Wildman–Crippen LogP) is 2.03. The third-order valence-corrected chi connectivity index (χ3v) is 1.79. The second-order valence-corrected chi connectivity index (χ2v) is 3.20. The van der Waals surface area contributed by atoms with Gasteiger partial charge in [-0.3, -0.25) is 0 Å². The first-order valence-corrected chi connectivity index (χ1v) is 3.67. The lowest BCUT2D eigenvalue weighted by Crippen LogP contribution is -2.22. The monoisotopic (exact) mass is 138 g/mol. The van der Waals surface area contributed by atoms with Crippen molar-refractivity contribution in [1.29, 1.82) is 0 Å². The fourth-order valence-electron chi connectivity index (χ4n) is 1.10. The average molecular weight is 138 g/mol. The van der Waals surface area contributed by atoms with Gasteiger partial charge in [0.2, 0.25) is 0 Å². The van der Waals surface area contributed by atoms with Crippen molar-refractivity contribution in [3.05, 3.63) is 23.8 Å². The molecule has 0 spiro atoms. The zero-order valence-corrected chi connectivity index (χ0v) is 6.59. The highest BCUT2D eigenvalue weighted by Crippen LogP contribution is 2.22. The summed E-state index contributed by atoms with van der Waals surface area (Å²) in [4.78, 5) is 0. The van der Waals surface area contributed by atoms with Gasteiger partial charge in [-0.05, 0) is 32.3 Å². The summed E-state index contributed by atoms with van der Waals surface area (Å²) in [5.74, 6) is 0. The minimum atomic E-state index is -0.620. The number of aliphatic hydroxyl groups is 1. The standard InChI is InChI=1S/C9H14O/c1-9(2,10)8-6-4-3-5-7-8/h3-4,7,10H,5-6H2,1-2H3. The Labute approximate surface area is 62.1 Å². The van der Waals surface area contributed by atoms with Crippen molar-refractivity contribution in [3.8, 4) is 0 Å². The molecule has 0 fully saturated rings. The van der Waals surface area contributed by atoms with Crippen molar-refractivity contribution in [2.75, 3.05) is 0 Å². The molecule has 10 heavy (non-hydrogen) atoms. The number of allylic oxidation sites excluding steroid dienone is 3. The second kappa shape index (κ2) is 2.59. The molecule has 0 atom stereocenters. The Hall–Kier alpha value is -0.560. The van der Waals surface area contributed by atoms with Crippen molar-refractivity contribution in [1.82, 2.24) is 0 Å². The highest BCUT2D eigenvalue weighted by molar-refractivity contribution is 5.21. The Balaban J connectivity index is 2.65. The number of hydrogen-bond acceptors (Lipinski definition) is 1. The summed E-state index contributed by atoms with van der Waals surface area (Å²) in [5, 5.41) is 9.54. The molecule has 56 valence electrons. The maximum Gasteiger partial charge on any atom is 0.0803 e. The van der Waals surface area contributed by atoms with E-state index in [1.807, 2.05) is 13.8 Å². The number of hydrogen-bond donors (Lipinski definition) is 1. The molecular formula is C9H14O. The minimum Gasteiger partial charge on any atom is -0.386 e. The van der Waals surface area contributed by atoms with E-state index in [4.69, 9.17) is 0 Å². The largest absolute Gasteiger partial charge is 0.386 e. The van der Waals surface area contributed by atoms with Crippen molar-refractivity contribution in [3.63, 3.8) is 0 Å². The summed E-state index contributed by atoms with van der Waals surface area (Å²) < 4.78 is 0. The van der Waals surface area contributed by atoms with E-state index in [1.165, 1.54) is 0 Å². The highest BCUT2D eigenvalue weighted by atomic mass is 16.3. The van der Waals surface area contributed by atoms with Crippen molar-refractivity contribution in [2.24, 2.45) is 0 Å². The molecule has 0 heterocycles. The lowest BCUT2D eigenvalue weighted by Gasteiger charge is -2.22. The molecule has 0 amide bonds. The van der Waals surface area contributed by atoms with Crippen LogP contribution in [0.5, 0.6) is 0 Å². The Morgan fingerprint density at radius 1 is 1.40 bits per heavy atom. The third-order valence-electron chi connectivity index (χ3n) is 1.79. The molecular weight excluding hydrogens is 124 g/mol. The minimum absolute atomic E-state index is 0.620. The van der Waals surface area contributed by atoms with Crippen molar-refractivity contribution >= 4 is 0 Å². The van der Waals surface area contributed by atoms with Crippen LogP contribution in [0.2, 0.25) is 0 Å². The molecule has 1 nitrogen and oxygen atoms in total. The third kappa shape index (κ3) is 1.71.